The second kappa shape index (κ2) is 8.99. The maximum Gasteiger partial charge on any atom is 0.141 e. The van der Waals surface area contributed by atoms with E-state index in [2.05, 4.69) is 89.5 Å². The SMILES string of the molecule is Cc1ccnc(N2c3ccccc3N(c3ccccc3)c3ccc(-c4ccc5c(C)ccc(O)c5n4)cc32)c1. The van der Waals surface area contributed by atoms with Crippen molar-refractivity contribution in [2.75, 3.05) is 9.80 Å². The number of pyridine rings is 2. The topological polar surface area (TPSA) is 52.5 Å². The molecule has 0 bridgehead atoms. The van der Waals surface area contributed by atoms with Gasteiger partial charge in [-0.3, -0.25) is 4.90 Å². The van der Waals surface area contributed by atoms with E-state index in [0.29, 0.717) is 5.52 Å². The first kappa shape index (κ1) is 23.0. The van der Waals surface area contributed by atoms with Crippen LogP contribution in [0, 0.1) is 13.8 Å². The Hall–Kier alpha value is -5.16. The number of phenols is 1. The maximum absolute atomic E-state index is 10.6. The number of hydrogen-bond donors (Lipinski definition) is 1. The lowest BCUT2D eigenvalue weighted by Gasteiger charge is -2.40. The van der Waals surface area contributed by atoms with Gasteiger partial charge in [-0.05, 0) is 85.6 Å². The molecule has 0 unspecified atom stereocenters. The lowest BCUT2D eigenvalue weighted by molar-refractivity contribution is 0.480. The lowest BCUT2D eigenvalue weighted by Crippen LogP contribution is -2.24. The molecule has 3 heterocycles. The van der Waals surface area contributed by atoms with E-state index in [1.54, 1.807) is 6.07 Å². The van der Waals surface area contributed by atoms with E-state index >= 15 is 0 Å². The molecule has 1 N–H and O–H groups in total. The third-order valence-corrected chi connectivity index (χ3v) is 7.31. The van der Waals surface area contributed by atoms with Crippen LogP contribution in [0.4, 0.5) is 34.3 Å². The van der Waals surface area contributed by atoms with Crippen LogP contribution in [0.25, 0.3) is 22.2 Å². The molecule has 0 saturated carbocycles. The average Bonchev–Trinajstić information content (AvgIpc) is 2.97. The number of aromatic hydroxyl groups is 1. The van der Waals surface area contributed by atoms with Gasteiger partial charge in [0.05, 0.1) is 28.4 Å². The van der Waals surface area contributed by atoms with Crippen LogP contribution >= 0.6 is 0 Å². The normalized spacial score (nSPS) is 12.4. The number of nitrogens with zero attached hydrogens (tertiary/aromatic N) is 4. The summed E-state index contributed by atoms with van der Waals surface area (Å²) in [5, 5.41) is 11.5. The monoisotopic (exact) mass is 506 g/mol. The molecule has 0 radical (unpaired) electrons. The average molecular weight is 507 g/mol. The zero-order valence-electron chi connectivity index (χ0n) is 21.7. The van der Waals surface area contributed by atoms with Crippen LogP contribution in [0.5, 0.6) is 5.75 Å². The fourth-order valence-corrected chi connectivity index (χ4v) is 5.40. The molecule has 6 aromatic rings. The van der Waals surface area contributed by atoms with Crippen molar-refractivity contribution in [3.05, 3.63) is 127 Å². The molecular formula is C34H26N4O. The third kappa shape index (κ3) is 3.79. The summed E-state index contributed by atoms with van der Waals surface area (Å²) in [6.45, 7) is 4.12. The minimum Gasteiger partial charge on any atom is -0.506 e. The molecule has 5 nitrogen and oxygen atoms in total. The summed E-state index contributed by atoms with van der Waals surface area (Å²) in [4.78, 5) is 14.2. The molecule has 5 heteroatoms. The van der Waals surface area contributed by atoms with Crippen LogP contribution < -0.4 is 9.80 Å². The third-order valence-electron chi connectivity index (χ3n) is 7.31. The van der Waals surface area contributed by atoms with Gasteiger partial charge in [-0.1, -0.05) is 48.5 Å². The first-order valence-corrected chi connectivity index (χ1v) is 13.0. The van der Waals surface area contributed by atoms with Crippen LogP contribution in [-0.2, 0) is 0 Å². The molecule has 0 atom stereocenters. The summed E-state index contributed by atoms with van der Waals surface area (Å²) in [6.07, 6.45) is 1.86. The fraction of sp³-hybridized carbons (Fsp3) is 0.0588. The van der Waals surface area contributed by atoms with Gasteiger partial charge < -0.3 is 10.0 Å². The number of benzene rings is 4. The van der Waals surface area contributed by atoms with Crippen molar-refractivity contribution in [3.8, 4) is 17.0 Å². The molecule has 0 aliphatic carbocycles. The van der Waals surface area contributed by atoms with Crippen LogP contribution in [0.15, 0.2) is 115 Å². The quantitative estimate of drug-likeness (QED) is 0.259. The van der Waals surface area contributed by atoms with E-state index in [-0.39, 0.29) is 5.75 Å². The summed E-state index contributed by atoms with van der Waals surface area (Å²) < 4.78 is 0. The fourth-order valence-electron chi connectivity index (χ4n) is 5.40. The number of rotatable bonds is 3. The highest BCUT2D eigenvalue weighted by atomic mass is 16.3. The van der Waals surface area contributed by atoms with Gasteiger partial charge in [0.25, 0.3) is 0 Å². The zero-order valence-corrected chi connectivity index (χ0v) is 21.7. The Balaban J connectivity index is 1.48. The highest BCUT2D eigenvalue weighted by Gasteiger charge is 2.31. The lowest BCUT2D eigenvalue weighted by atomic mass is 10.0. The van der Waals surface area contributed by atoms with Gasteiger partial charge in [0.1, 0.15) is 17.1 Å². The first-order valence-electron chi connectivity index (χ1n) is 13.0. The number of aryl methyl sites for hydroxylation is 2. The van der Waals surface area contributed by atoms with E-state index < -0.39 is 0 Å². The van der Waals surface area contributed by atoms with Crippen molar-refractivity contribution < 1.29 is 5.11 Å². The van der Waals surface area contributed by atoms with Crippen molar-refractivity contribution in [2.45, 2.75) is 13.8 Å². The molecule has 0 spiro atoms. The van der Waals surface area contributed by atoms with Crippen LogP contribution in [0.1, 0.15) is 11.1 Å². The Labute approximate surface area is 227 Å². The molecule has 1 aliphatic heterocycles. The standard InChI is InChI=1S/C34H26N4O/c1-22-18-19-35-33(20-22)38-29-11-7-6-10-28(29)37(25-8-4-3-5-9-25)30-16-13-24(21-31(30)38)27-15-14-26-23(2)12-17-32(39)34(26)36-27/h3-21,39H,1-2H3. The summed E-state index contributed by atoms with van der Waals surface area (Å²) in [5.41, 5.74) is 9.85. The van der Waals surface area contributed by atoms with Crippen molar-refractivity contribution in [1.29, 1.82) is 0 Å². The molecule has 0 amide bonds. The highest BCUT2D eigenvalue weighted by molar-refractivity contribution is 6.02. The molecule has 0 saturated heterocycles. The number of para-hydroxylation sites is 3. The summed E-state index contributed by atoms with van der Waals surface area (Å²) in [7, 11) is 0. The zero-order chi connectivity index (χ0) is 26.5. The minimum atomic E-state index is 0.185. The maximum atomic E-state index is 10.6. The molecule has 0 fully saturated rings. The molecule has 39 heavy (non-hydrogen) atoms. The number of aromatic nitrogens is 2. The van der Waals surface area contributed by atoms with Crippen LogP contribution in [0.3, 0.4) is 0 Å². The smallest absolute Gasteiger partial charge is 0.141 e. The van der Waals surface area contributed by atoms with E-state index in [1.807, 2.05) is 43.5 Å². The summed E-state index contributed by atoms with van der Waals surface area (Å²) in [6, 6.07) is 37.1. The molecule has 7 rings (SSSR count). The molecule has 188 valence electrons. The number of anilines is 6. The summed E-state index contributed by atoms with van der Waals surface area (Å²) >= 11 is 0. The highest BCUT2D eigenvalue weighted by Crippen LogP contribution is 2.54. The van der Waals surface area contributed by atoms with Gasteiger partial charge in [-0.25, -0.2) is 9.97 Å². The van der Waals surface area contributed by atoms with Gasteiger partial charge >= 0.3 is 0 Å². The van der Waals surface area contributed by atoms with E-state index in [4.69, 9.17) is 9.97 Å². The second-order valence-corrected chi connectivity index (χ2v) is 9.88. The Bertz CT molecular complexity index is 1870. The van der Waals surface area contributed by atoms with E-state index in [1.165, 1.54) is 0 Å². The van der Waals surface area contributed by atoms with Gasteiger partial charge in [-0.15, -0.1) is 0 Å². The second-order valence-electron chi connectivity index (χ2n) is 9.88. The van der Waals surface area contributed by atoms with Crippen molar-refractivity contribution in [1.82, 2.24) is 9.97 Å². The molecular weight excluding hydrogens is 480 g/mol. The van der Waals surface area contributed by atoms with Gasteiger partial charge in [-0.2, -0.15) is 0 Å². The van der Waals surface area contributed by atoms with Gasteiger partial charge in [0.2, 0.25) is 0 Å². The van der Waals surface area contributed by atoms with Crippen molar-refractivity contribution in [2.24, 2.45) is 0 Å². The van der Waals surface area contributed by atoms with Crippen molar-refractivity contribution in [3.63, 3.8) is 0 Å². The number of hydrogen-bond acceptors (Lipinski definition) is 5. The Morgan fingerprint density at radius 2 is 1.38 bits per heavy atom. The Kier molecular flexibility index (Phi) is 5.30. The molecule has 1 aliphatic rings. The minimum absolute atomic E-state index is 0.185. The number of phenolic OH excluding ortho intramolecular Hbond substituents is 1. The predicted octanol–water partition coefficient (Wildman–Crippen LogP) is 8.87. The molecule has 2 aromatic heterocycles. The van der Waals surface area contributed by atoms with Crippen LogP contribution in [-0.4, -0.2) is 15.1 Å². The summed E-state index contributed by atoms with van der Waals surface area (Å²) in [5.74, 6) is 1.04. The Morgan fingerprint density at radius 1 is 0.641 bits per heavy atom. The number of fused-ring (bicyclic) bond motifs is 3. The van der Waals surface area contributed by atoms with Gasteiger partial charge in [0.15, 0.2) is 0 Å². The van der Waals surface area contributed by atoms with Crippen molar-refractivity contribution >= 4 is 45.2 Å². The van der Waals surface area contributed by atoms with Gasteiger partial charge in [0, 0.05) is 22.8 Å². The predicted molar refractivity (Wildman–Crippen MR) is 159 cm³/mol. The van der Waals surface area contributed by atoms with Crippen LogP contribution in [0.2, 0.25) is 0 Å². The van der Waals surface area contributed by atoms with E-state index in [0.717, 1.165) is 62.0 Å². The first-order chi connectivity index (χ1) is 19.1. The largest absolute Gasteiger partial charge is 0.506 e. The molecule has 4 aromatic carbocycles. The van der Waals surface area contributed by atoms with E-state index in [9.17, 15) is 5.11 Å². The Morgan fingerprint density at radius 3 is 2.18 bits per heavy atom.